The molecule has 1 aromatic carbocycles. The first-order chi connectivity index (χ1) is 8.22. The third-order valence-electron chi connectivity index (χ3n) is 2.28. The lowest BCUT2D eigenvalue weighted by Gasteiger charge is -2.09. The van der Waals surface area contributed by atoms with Crippen LogP contribution < -0.4 is 5.32 Å². The van der Waals surface area contributed by atoms with Crippen molar-refractivity contribution in [3.05, 3.63) is 48.0 Å². The van der Waals surface area contributed by atoms with Gasteiger partial charge in [-0.05, 0) is 19.4 Å². The quantitative estimate of drug-likeness (QED) is 0.605. The highest BCUT2D eigenvalue weighted by atomic mass is 16.5. The van der Waals surface area contributed by atoms with Gasteiger partial charge in [-0.1, -0.05) is 36.4 Å². The Balaban J connectivity index is 2.30. The molecular weight excluding hydrogens is 214 g/mol. The molecule has 1 N–H and O–H groups in total. The van der Waals surface area contributed by atoms with Crippen molar-refractivity contribution in [1.29, 1.82) is 0 Å². The van der Waals surface area contributed by atoms with Crippen LogP contribution >= 0.6 is 0 Å². The Kier molecular flexibility index (Phi) is 6.04. The number of hydrogen-bond donors (Lipinski definition) is 1. The monoisotopic (exact) mass is 233 g/mol. The van der Waals surface area contributed by atoms with Gasteiger partial charge in [-0.15, -0.1) is 0 Å². The lowest BCUT2D eigenvalue weighted by molar-refractivity contribution is -0.137. The van der Waals surface area contributed by atoms with Crippen LogP contribution in [0, 0.1) is 0 Å². The molecule has 0 aliphatic rings. The second-order valence-electron chi connectivity index (χ2n) is 3.77. The minimum atomic E-state index is -0.291. The molecule has 92 valence electrons. The van der Waals surface area contributed by atoms with Crippen molar-refractivity contribution < 1.29 is 9.53 Å². The van der Waals surface area contributed by atoms with Crippen LogP contribution in [0.3, 0.4) is 0 Å². The van der Waals surface area contributed by atoms with E-state index in [9.17, 15) is 4.79 Å². The summed E-state index contributed by atoms with van der Waals surface area (Å²) in [6, 6.07) is 10.3. The van der Waals surface area contributed by atoms with Gasteiger partial charge in [0.25, 0.3) is 0 Å². The first-order valence-electron chi connectivity index (χ1n) is 5.84. The maximum absolute atomic E-state index is 11.1. The summed E-state index contributed by atoms with van der Waals surface area (Å²) < 4.78 is 4.80. The third-order valence-corrected chi connectivity index (χ3v) is 2.28. The van der Waals surface area contributed by atoms with E-state index in [-0.39, 0.29) is 12.0 Å². The van der Waals surface area contributed by atoms with Gasteiger partial charge in [-0.25, -0.2) is 4.79 Å². The predicted molar refractivity (Wildman–Crippen MR) is 68.5 cm³/mol. The van der Waals surface area contributed by atoms with E-state index in [0.29, 0.717) is 6.61 Å². The van der Waals surface area contributed by atoms with Crippen molar-refractivity contribution in [3.8, 4) is 0 Å². The maximum Gasteiger partial charge on any atom is 0.330 e. The minimum absolute atomic E-state index is 0.139. The van der Waals surface area contributed by atoms with Crippen molar-refractivity contribution in [1.82, 2.24) is 5.32 Å². The van der Waals surface area contributed by atoms with E-state index in [1.807, 2.05) is 25.1 Å². The Morgan fingerprint density at radius 1 is 1.41 bits per heavy atom. The van der Waals surface area contributed by atoms with Crippen molar-refractivity contribution in [2.75, 3.05) is 6.61 Å². The van der Waals surface area contributed by atoms with Crippen molar-refractivity contribution >= 4 is 5.97 Å². The molecule has 17 heavy (non-hydrogen) atoms. The summed E-state index contributed by atoms with van der Waals surface area (Å²) in [7, 11) is 0. The molecule has 1 atom stereocenters. The highest BCUT2D eigenvalue weighted by Crippen LogP contribution is 1.98. The Bertz CT molecular complexity index is 360. The Morgan fingerprint density at radius 3 is 2.76 bits per heavy atom. The molecule has 0 aliphatic heterocycles. The van der Waals surface area contributed by atoms with Crippen LogP contribution in [-0.2, 0) is 16.1 Å². The van der Waals surface area contributed by atoms with Crippen LogP contribution in [0.5, 0.6) is 0 Å². The Hall–Kier alpha value is -1.61. The van der Waals surface area contributed by atoms with Crippen LogP contribution in [0.1, 0.15) is 19.4 Å². The van der Waals surface area contributed by atoms with E-state index in [2.05, 4.69) is 17.4 Å². The third kappa shape index (κ3) is 5.88. The average Bonchev–Trinajstić information content (AvgIpc) is 2.35. The average molecular weight is 233 g/mol. The van der Waals surface area contributed by atoms with Gasteiger partial charge in [0.05, 0.1) is 6.61 Å². The van der Waals surface area contributed by atoms with Crippen molar-refractivity contribution in [2.24, 2.45) is 0 Å². The number of carbonyl (C=O) groups excluding carboxylic acids is 1. The topological polar surface area (TPSA) is 38.3 Å². The number of rotatable bonds is 6. The van der Waals surface area contributed by atoms with Gasteiger partial charge in [-0.3, -0.25) is 0 Å². The summed E-state index contributed by atoms with van der Waals surface area (Å²) in [6.07, 6.45) is 3.27. The molecule has 0 fully saturated rings. The Labute approximate surface area is 102 Å². The van der Waals surface area contributed by atoms with Crippen LogP contribution in [-0.4, -0.2) is 18.6 Å². The van der Waals surface area contributed by atoms with E-state index in [4.69, 9.17) is 4.74 Å². The molecule has 0 aromatic heterocycles. The second kappa shape index (κ2) is 7.63. The molecule has 1 rings (SSSR count). The van der Waals surface area contributed by atoms with E-state index in [0.717, 1.165) is 6.54 Å². The fourth-order valence-electron chi connectivity index (χ4n) is 1.36. The molecule has 3 nitrogen and oxygen atoms in total. The molecule has 0 amide bonds. The fourth-order valence-corrected chi connectivity index (χ4v) is 1.36. The summed E-state index contributed by atoms with van der Waals surface area (Å²) in [5.74, 6) is -0.291. The number of hydrogen-bond acceptors (Lipinski definition) is 3. The molecule has 0 heterocycles. The smallest absolute Gasteiger partial charge is 0.330 e. The zero-order chi connectivity index (χ0) is 12.5. The number of nitrogens with one attached hydrogen (secondary N) is 1. The zero-order valence-electron chi connectivity index (χ0n) is 10.3. The summed E-state index contributed by atoms with van der Waals surface area (Å²) in [5.41, 5.74) is 1.23. The van der Waals surface area contributed by atoms with Crippen molar-refractivity contribution in [3.63, 3.8) is 0 Å². The lowest BCUT2D eigenvalue weighted by atomic mass is 10.2. The van der Waals surface area contributed by atoms with Gasteiger partial charge in [0.1, 0.15) is 0 Å². The molecule has 0 saturated heterocycles. The standard InChI is InChI=1S/C14H19NO2/c1-3-17-14(16)10-9-12(2)15-11-13-7-5-4-6-8-13/h4-10,12,15H,3,11H2,1-2H3/t12-/m0/s1. The van der Waals surface area contributed by atoms with E-state index >= 15 is 0 Å². The van der Waals surface area contributed by atoms with Gasteiger partial charge in [0.2, 0.25) is 0 Å². The van der Waals surface area contributed by atoms with E-state index < -0.39 is 0 Å². The van der Waals surface area contributed by atoms with Crippen LogP contribution in [0.15, 0.2) is 42.5 Å². The second-order valence-corrected chi connectivity index (χ2v) is 3.77. The summed E-state index contributed by atoms with van der Waals surface area (Å²) in [6.45, 7) is 4.99. The molecular formula is C14H19NO2. The normalized spacial score (nSPS) is 12.6. The lowest BCUT2D eigenvalue weighted by Crippen LogP contribution is -2.23. The van der Waals surface area contributed by atoms with Crippen molar-refractivity contribution in [2.45, 2.75) is 26.4 Å². The highest BCUT2D eigenvalue weighted by Gasteiger charge is 1.99. The van der Waals surface area contributed by atoms with Crippen LogP contribution in [0.4, 0.5) is 0 Å². The highest BCUT2D eigenvalue weighted by molar-refractivity contribution is 5.81. The number of carbonyl (C=O) groups is 1. The molecule has 0 saturated carbocycles. The van der Waals surface area contributed by atoms with Crippen LogP contribution in [0.25, 0.3) is 0 Å². The van der Waals surface area contributed by atoms with E-state index in [1.165, 1.54) is 11.6 Å². The number of ether oxygens (including phenoxy) is 1. The maximum atomic E-state index is 11.1. The van der Waals surface area contributed by atoms with Gasteiger partial charge in [0.15, 0.2) is 0 Å². The van der Waals surface area contributed by atoms with E-state index in [1.54, 1.807) is 13.0 Å². The molecule has 0 bridgehead atoms. The van der Waals surface area contributed by atoms with Gasteiger partial charge in [-0.2, -0.15) is 0 Å². The van der Waals surface area contributed by atoms with Gasteiger partial charge < -0.3 is 10.1 Å². The molecule has 0 unspecified atom stereocenters. The number of benzene rings is 1. The summed E-state index contributed by atoms with van der Waals surface area (Å²) in [5, 5.41) is 3.30. The first-order valence-corrected chi connectivity index (χ1v) is 5.84. The van der Waals surface area contributed by atoms with Crippen LogP contribution in [0.2, 0.25) is 0 Å². The first kappa shape index (κ1) is 13.5. The fraction of sp³-hybridized carbons (Fsp3) is 0.357. The summed E-state index contributed by atoms with van der Waals surface area (Å²) in [4.78, 5) is 11.1. The summed E-state index contributed by atoms with van der Waals surface area (Å²) >= 11 is 0. The SMILES string of the molecule is CCOC(=O)C=C[C@H](C)NCc1ccccc1. The van der Waals surface area contributed by atoms with Gasteiger partial charge >= 0.3 is 5.97 Å². The molecule has 0 radical (unpaired) electrons. The molecule has 3 heteroatoms. The molecule has 0 spiro atoms. The molecule has 0 aliphatic carbocycles. The molecule has 1 aromatic rings. The minimum Gasteiger partial charge on any atom is -0.463 e. The Morgan fingerprint density at radius 2 is 2.12 bits per heavy atom. The zero-order valence-corrected chi connectivity index (χ0v) is 10.3. The van der Waals surface area contributed by atoms with Gasteiger partial charge in [0, 0.05) is 18.7 Å². The largest absolute Gasteiger partial charge is 0.463 e. The number of esters is 1. The predicted octanol–water partition coefficient (Wildman–Crippen LogP) is 2.28.